The van der Waals surface area contributed by atoms with E-state index in [-0.39, 0.29) is 11.5 Å². The van der Waals surface area contributed by atoms with Crippen LogP contribution in [0.25, 0.3) is 16.9 Å². The van der Waals surface area contributed by atoms with Crippen molar-refractivity contribution in [2.45, 2.75) is 6.92 Å². The number of ether oxygens (including phenoxy) is 1. The molecule has 2 heterocycles. The van der Waals surface area contributed by atoms with Crippen LogP contribution in [-0.4, -0.2) is 51.7 Å². The quantitative estimate of drug-likeness (QED) is 0.270. The molecule has 0 saturated carbocycles. The largest absolute Gasteiger partial charge is 0.505 e. The number of rotatable bonds is 9. The minimum Gasteiger partial charge on any atom is -0.505 e. The lowest BCUT2D eigenvalue weighted by Crippen LogP contribution is -2.28. The van der Waals surface area contributed by atoms with Crippen LogP contribution in [0.15, 0.2) is 48.9 Å². The first-order chi connectivity index (χ1) is 16.9. The predicted octanol–water partition coefficient (Wildman–Crippen LogP) is 3.14. The van der Waals surface area contributed by atoms with Gasteiger partial charge in [-0.15, -0.1) is 0 Å². The average molecular weight is 482 g/mol. The Hall–Kier alpha value is -4.09. The number of phenolic OH excluding ortho intramolecular Hbond substituents is 1. The number of nitrogens with one attached hydrogen (secondary N) is 2. The number of fused-ring (bicyclic) bond motifs is 1. The summed E-state index contributed by atoms with van der Waals surface area (Å²) in [5, 5.41) is 15.4. The van der Waals surface area contributed by atoms with Crippen LogP contribution in [0.3, 0.4) is 0 Å². The van der Waals surface area contributed by atoms with Crippen molar-refractivity contribution in [3.63, 3.8) is 0 Å². The molecule has 4 rings (SSSR count). The fourth-order valence-corrected chi connectivity index (χ4v) is 3.59. The van der Waals surface area contributed by atoms with Gasteiger partial charge in [0.15, 0.2) is 23.0 Å². The van der Waals surface area contributed by atoms with Crippen LogP contribution in [0.2, 0.25) is 0 Å². The monoisotopic (exact) mass is 482 g/mol. The van der Waals surface area contributed by atoms with Crippen molar-refractivity contribution < 1.29 is 23.4 Å². The lowest BCUT2D eigenvalue weighted by Gasteiger charge is -2.12. The number of anilines is 2. The summed E-state index contributed by atoms with van der Waals surface area (Å²) in [6, 6.07) is 7.59. The number of phenols is 1. The van der Waals surface area contributed by atoms with Gasteiger partial charge >= 0.3 is 0 Å². The first-order valence-electron chi connectivity index (χ1n) is 10.8. The second kappa shape index (κ2) is 10.5. The van der Waals surface area contributed by atoms with E-state index in [0.717, 1.165) is 11.6 Å². The number of carbonyl (C=O) groups is 1. The predicted molar refractivity (Wildman–Crippen MR) is 127 cm³/mol. The van der Waals surface area contributed by atoms with Gasteiger partial charge in [-0.2, -0.15) is 4.39 Å². The summed E-state index contributed by atoms with van der Waals surface area (Å²) in [5.41, 5.74) is 7.91. The molecule has 0 aliphatic carbocycles. The molecule has 9 nitrogen and oxygen atoms in total. The Morgan fingerprint density at radius 1 is 1.17 bits per heavy atom. The summed E-state index contributed by atoms with van der Waals surface area (Å²) in [4.78, 5) is 21.1. The third kappa shape index (κ3) is 5.05. The molecule has 0 spiro atoms. The summed E-state index contributed by atoms with van der Waals surface area (Å²) in [6.07, 6.45) is 4.46. The van der Waals surface area contributed by atoms with E-state index in [1.165, 1.54) is 18.5 Å². The van der Waals surface area contributed by atoms with Crippen molar-refractivity contribution in [3.05, 3.63) is 71.7 Å². The summed E-state index contributed by atoms with van der Waals surface area (Å²) in [5.74, 6) is -3.10. The van der Waals surface area contributed by atoms with E-state index < -0.39 is 17.4 Å². The van der Waals surface area contributed by atoms with E-state index in [9.17, 15) is 18.7 Å². The molecule has 0 unspecified atom stereocenters. The molecule has 0 aliphatic heterocycles. The molecule has 0 radical (unpaired) electrons. The van der Waals surface area contributed by atoms with Crippen molar-refractivity contribution in [1.82, 2.24) is 19.7 Å². The first kappa shape index (κ1) is 24.0. The highest BCUT2D eigenvalue weighted by molar-refractivity contribution is 5.96. The number of halogens is 2. The molecule has 0 bridgehead atoms. The fraction of sp³-hybridized carbons (Fsp3) is 0.208. The number of carbonyl (C=O) groups excluding carboxylic acids is 1. The molecular weight excluding hydrogens is 458 g/mol. The van der Waals surface area contributed by atoms with Crippen molar-refractivity contribution in [2.24, 2.45) is 5.73 Å². The highest BCUT2D eigenvalue weighted by Crippen LogP contribution is 2.31. The number of imidazole rings is 1. The average Bonchev–Trinajstić information content (AvgIpc) is 3.27. The van der Waals surface area contributed by atoms with Crippen molar-refractivity contribution in [3.8, 4) is 17.0 Å². The van der Waals surface area contributed by atoms with E-state index in [2.05, 4.69) is 20.6 Å². The van der Waals surface area contributed by atoms with Gasteiger partial charge in [-0.05, 0) is 42.8 Å². The molecular formula is C24H24F2N6O3. The van der Waals surface area contributed by atoms with Crippen LogP contribution >= 0.6 is 0 Å². The van der Waals surface area contributed by atoms with Crippen LogP contribution in [0.1, 0.15) is 15.9 Å². The minimum absolute atomic E-state index is 0.0513. The highest BCUT2D eigenvalue weighted by Gasteiger charge is 2.18. The molecule has 182 valence electrons. The maximum Gasteiger partial charge on any atom is 0.251 e. The smallest absolute Gasteiger partial charge is 0.251 e. The summed E-state index contributed by atoms with van der Waals surface area (Å²) >= 11 is 0. The van der Waals surface area contributed by atoms with E-state index in [0.29, 0.717) is 54.7 Å². The minimum atomic E-state index is -1.33. The molecule has 5 N–H and O–H groups in total. The molecule has 0 aliphatic rings. The fourth-order valence-electron chi connectivity index (χ4n) is 3.59. The molecule has 0 atom stereocenters. The number of nitrogens with two attached hydrogens (primary N) is 1. The summed E-state index contributed by atoms with van der Waals surface area (Å²) in [6.45, 7) is 3.43. The SMILES string of the molecule is Cc1cc(Nc2nccn3c(-c4ccc(O)c(F)c4F)cnc23)ccc1C(=O)NCCOCCN. The van der Waals surface area contributed by atoms with E-state index in [4.69, 9.17) is 10.5 Å². The van der Waals surface area contributed by atoms with Crippen LogP contribution < -0.4 is 16.4 Å². The van der Waals surface area contributed by atoms with Crippen LogP contribution in [-0.2, 0) is 4.74 Å². The molecule has 4 aromatic rings. The second-order valence-corrected chi connectivity index (χ2v) is 7.68. The topological polar surface area (TPSA) is 127 Å². The van der Waals surface area contributed by atoms with Gasteiger partial charge in [0.1, 0.15) is 0 Å². The van der Waals surface area contributed by atoms with Gasteiger partial charge < -0.3 is 26.2 Å². The molecule has 0 saturated heterocycles. The van der Waals surface area contributed by atoms with Gasteiger partial charge in [-0.1, -0.05) is 0 Å². The van der Waals surface area contributed by atoms with Gasteiger partial charge in [0.2, 0.25) is 5.82 Å². The van der Waals surface area contributed by atoms with Gasteiger partial charge in [0.05, 0.1) is 25.1 Å². The maximum absolute atomic E-state index is 14.4. The number of benzene rings is 2. The van der Waals surface area contributed by atoms with E-state index >= 15 is 0 Å². The summed E-state index contributed by atoms with van der Waals surface area (Å²) in [7, 11) is 0. The Balaban J connectivity index is 1.54. The number of hydrogen-bond acceptors (Lipinski definition) is 7. The van der Waals surface area contributed by atoms with Gasteiger partial charge in [-0.3, -0.25) is 9.20 Å². The number of aromatic hydroxyl groups is 1. The number of hydrogen-bond donors (Lipinski definition) is 4. The zero-order valence-electron chi connectivity index (χ0n) is 18.9. The third-order valence-electron chi connectivity index (χ3n) is 5.29. The summed E-state index contributed by atoms with van der Waals surface area (Å²) < 4.78 is 35.1. The lowest BCUT2D eigenvalue weighted by molar-refractivity contribution is 0.0919. The van der Waals surface area contributed by atoms with Gasteiger partial charge in [0, 0.05) is 42.3 Å². The molecule has 2 aromatic heterocycles. The van der Waals surface area contributed by atoms with Crippen molar-refractivity contribution in [1.29, 1.82) is 0 Å². The number of aromatic nitrogens is 3. The van der Waals surface area contributed by atoms with Crippen LogP contribution in [0.4, 0.5) is 20.3 Å². The zero-order valence-corrected chi connectivity index (χ0v) is 18.9. The zero-order chi connectivity index (χ0) is 24.9. The number of aryl methyl sites for hydroxylation is 1. The second-order valence-electron chi connectivity index (χ2n) is 7.68. The van der Waals surface area contributed by atoms with Crippen LogP contribution in [0, 0.1) is 18.6 Å². The van der Waals surface area contributed by atoms with Gasteiger partial charge in [-0.25, -0.2) is 14.4 Å². The Morgan fingerprint density at radius 3 is 2.77 bits per heavy atom. The van der Waals surface area contributed by atoms with E-state index in [1.54, 1.807) is 28.8 Å². The van der Waals surface area contributed by atoms with Crippen molar-refractivity contribution in [2.75, 3.05) is 31.6 Å². The molecule has 1 amide bonds. The normalized spacial score (nSPS) is 11.1. The Labute approximate surface area is 199 Å². The molecule has 11 heteroatoms. The molecule has 2 aromatic carbocycles. The first-order valence-corrected chi connectivity index (χ1v) is 10.8. The third-order valence-corrected chi connectivity index (χ3v) is 5.29. The van der Waals surface area contributed by atoms with Crippen molar-refractivity contribution >= 4 is 23.1 Å². The van der Waals surface area contributed by atoms with Crippen LogP contribution in [0.5, 0.6) is 5.75 Å². The Kier molecular flexibility index (Phi) is 7.18. The van der Waals surface area contributed by atoms with Gasteiger partial charge in [0.25, 0.3) is 5.91 Å². The standard InChI is InChI=1S/C24H24F2N6O3/c1-14-12-15(2-3-16(14)24(34)29-8-11-35-10-6-27)31-22-23-30-13-18(32(23)9-7-28-22)17-4-5-19(33)21(26)20(17)25/h2-5,7,9,12-13,33H,6,8,10-11,27H2,1H3,(H,28,31)(H,29,34). The lowest BCUT2D eigenvalue weighted by atomic mass is 10.1. The highest BCUT2D eigenvalue weighted by atomic mass is 19.2. The Bertz CT molecular complexity index is 1380. The molecule has 0 fully saturated rings. The Morgan fingerprint density at radius 2 is 2.00 bits per heavy atom. The number of amides is 1. The molecule has 35 heavy (non-hydrogen) atoms. The van der Waals surface area contributed by atoms with E-state index in [1.807, 2.05) is 6.92 Å². The number of nitrogens with zero attached hydrogens (tertiary/aromatic N) is 3. The maximum atomic E-state index is 14.4.